The summed E-state index contributed by atoms with van der Waals surface area (Å²) in [6.45, 7) is 1.42. The Bertz CT molecular complexity index is 541. The SMILES string of the molecule is CC(=O)Nc1nc(SCc2ccc(F)cc2)ns1. The van der Waals surface area contributed by atoms with E-state index in [-0.39, 0.29) is 11.7 Å². The van der Waals surface area contributed by atoms with Gasteiger partial charge in [0.25, 0.3) is 0 Å². The smallest absolute Gasteiger partial charge is 0.223 e. The van der Waals surface area contributed by atoms with Crippen LogP contribution in [0.25, 0.3) is 0 Å². The lowest BCUT2D eigenvalue weighted by Crippen LogP contribution is -2.04. The molecule has 18 heavy (non-hydrogen) atoms. The molecule has 2 aromatic rings. The molecular formula is C11H10FN3OS2. The first kappa shape index (κ1) is 13.0. The normalized spacial score (nSPS) is 10.3. The molecule has 0 fully saturated rings. The zero-order valence-corrected chi connectivity index (χ0v) is 11.1. The van der Waals surface area contributed by atoms with Crippen molar-refractivity contribution in [2.45, 2.75) is 17.8 Å². The molecule has 7 heteroatoms. The van der Waals surface area contributed by atoms with Gasteiger partial charge in [0.1, 0.15) is 5.82 Å². The van der Waals surface area contributed by atoms with Crippen LogP contribution in [-0.4, -0.2) is 15.3 Å². The highest BCUT2D eigenvalue weighted by Crippen LogP contribution is 2.23. The second kappa shape index (κ2) is 5.92. The Labute approximate surface area is 112 Å². The predicted octanol–water partition coefficient (Wildman–Crippen LogP) is 2.93. The summed E-state index contributed by atoms with van der Waals surface area (Å²) in [7, 11) is 0. The van der Waals surface area contributed by atoms with Crippen LogP contribution in [0.15, 0.2) is 29.4 Å². The summed E-state index contributed by atoms with van der Waals surface area (Å²) in [6, 6.07) is 6.30. The van der Waals surface area contributed by atoms with E-state index in [0.29, 0.717) is 16.0 Å². The third-order valence-corrected chi connectivity index (χ3v) is 3.64. The Balaban J connectivity index is 1.92. The zero-order valence-electron chi connectivity index (χ0n) is 9.51. The summed E-state index contributed by atoms with van der Waals surface area (Å²) in [5, 5.41) is 3.67. The fourth-order valence-corrected chi connectivity index (χ4v) is 2.74. The first-order valence-corrected chi connectivity index (χ1v) is 6.88. The molecule has 0 unspecified atom stereocenters. The lowest BCUT2D eigenvalue weighted by atomic mass is 10.2. The number of hydrogen-bond donors (Lipinski definition) is 1. The number of nitrogens with zero attached hydrogens (tertiary/aromatic N) is 2. The van der Waals surface area contributed by atoms with Crippen molar-refractivity contribution < 1.29 is 9.18 Å². The van der Waals surface area contributed by atoms with Gasteiger partial charge in [-0.3, -0.25) is 4.79 Å². The first-order valence-electron chi connectivity index (χ1n) is 5.12. The Kier molecular flexibility index (Phi) is 4.27. The number of thioether (sulfide) groups is 1. The van der Waals surface area contributed by atoms with Gasteiger partial charge in [0.2, 0.25) is 16.2 Å². The summed E-state index contributed by atoms with van der Waals surface area (Å²) in [5.41, 5.74) is 0.997. The molecule has 0 bridgehead atoms. The maximum atomic E-state index is 12.7. The van der Waals surface area contributed by atoms with Crippen LogP contribution in [0.4, 0.5) is 9.52 Å². The number of amides is 1. The minimum Gasteiger partial charge on any atom is -0.301 e. The number of aromatic nitrogens is 2. The molecule has 94 valence electrons. The summed E-state index contributed by atoms with van der Waals surface area (Å²) >= 11 is 2.58. The molecule has 1 amide bonds. The van der Waals surface area contributed by atoms with Crippen molar-refractivity contribution in [3.63, 3.8) is 0 Å². The highest BCUT2D eigenvalue weighted by atomic mass is 32.2. The third-order valence-electron chi connectivity index (χ3n) is 1.97. The van der Waals surface area contributed by atoms with Crippen molar-refractivity contribution in [1.29, 1.82) is 0 Å². The molecule has 0 spiro atoms. The van der Waals surface area contributed by atoms with Crippen LogP contribution in [0.5, 0.6) is 0 Å². The van der Waals surface area contributed by atoms with Crippen LogP contribution in [0.1, 0.15) is 12.5 Å². The molecule has 0 saturated carbocycles. The third kappa shape index (κ3) is 3.78. The fourth-order valence-electron chi connectivity index (χ4n) is 1.20. The molecule has 0 atom stereocenters. The van der Waals surface area contributed by atoms with Gasteiger partial charge in [-0.2, -0.15) is 9.36 Å². The summed E-state index contributed by atoms with van der Waals surface area (Å²) in [4.78, 5) is 15.0. The molecule has 1 aromatic heterocycles. The van der Waals surface area contributed by atoms with E-state index in [1.807, 2.05) is 0 Å². The van der Waals surface area contributed by atoms with E-state index in [1.54, 1.807) is 12.1 Å². The van der Waals surface area contributed by atoms with Crippen molar-refractivity contribution in [3.8, 4) is 0 Å². The van der Waals surface area contributed by atoms with Crippen LogP contribution in [0, 0.1) is 5.82 Å². The van der Waals surface area contributed by atoms with E-state index in [0.717, 1.165) is 17.1 Å². The quantitative estimate of drug-likeness (QED) is 0.877. The monoisotopic (exact) mass is 283 g/mol. The van der Waals surface area contributed by atoms with Crippen molar-refractivity contribution in [2.75, 3.05) is 5.32 Å². The van der Waals surface area contributed by atoms with E-state index >= 15 is 0 Å². The van der Waals surface area contributed by atoms with Crippen molar-refractivity contribution in [2.24, 2.45) is 0 Å². The predicted molar refractivity (Wildman–Crippen MR) is 70.2 cm³/mol. The Morgan fingerprint density at radius 3 is 2.83 bits per heavy atom. The largest absolute Gasteiger partial charge is 0.301 e. The zero-order chi connectivity index (χ0) is 13.0. The van der Waals surface area contributed by atoms with E-state index < -0.39 is 0 Å². The average molecular weight is 283 g/mol. The van der Waals surface area contributed by atoms with Crippen LogP contribution >= 0.6 is 23.3 Å². The number of benzene rings is 1. The van der Waals surface area contributed by atoms with Gasteiger partial charge in [-0.05, 0) is 17.7 Å². The number of carbonyl (C=O) groups is 1. The van der Waals surface area contributed by atoms with Gasteiger partial charge in [0, 0.05) is 24.2 Å². The molecule has 1 aromatic carbocycles. The molecule has 0 aliphatic rings. The lowest BCUT2D eigenvalue weighted by Gasteiger charge is -1.97. The molecule has 4 nitrogen and oxygen atoms in total. The maximum Gasteiger partial charge on any atom is 0.223 e. The minimum atomic E-state index is -0.247. The maximum absolute atomic E-state index is 12.7. The van der Waals surface area contributed by atoms with E-state index in [1.165, 1.54) is 30.8 Å². The number of rotatable bonds is 4. The van der Waals surface area contributed by atoms with Crippen LogP contribution in [0.2, 0.25) is 0 Å². The highest BCUT2D eigenvalue weighted by Gasteiger charge is 2.06. The summed E-state index contributed by atoms with van der Waals surface area (Å²) in [6.07, 6.45) is 0. The van der Waals surface area contributed by atoms with Crippen molar-refractivity contribution in [1.82, 2.24) is 9.36 Å². The molecular weight excluding hydrogens is 273 g/mol. The molecule has 0 aliphatic heterocycles. The van der Waals surface area contributed by atoms with E-state index in [9.17, 15) is 9.18 Å². The number of anilines is 1. The van der Waals surface area contributed by atoms with Crippen LogP contribution in [0.3, 0.4) is 0 Å². The van der Waals surface area contributed by atoms with Crippen LogP contribution < -0.4 is 5.32 Å². The van der Waals surface area contributed by atoms with Crippen molar-refractivity contribution in [3.05, 3.63) is 35.6 Å². The van der Waals surface area contributed by atoms with Gasteiger partial charge in [0.15, 0.2) is 0 Å². The molecule has 1 N–H and O–H groups in total. The Morgan fingerprint density at radius 1 is 1.44 bits per heavy atom. The number of nitrogens with one attached hydrogen (secondary N) is 1. The Hall–Kier alpha value is -1.47. The first-order chi connectivity index (χ1) is 8.63. The Morgan fingerprint density at radius 2 is 2.17 bits per heavy atom. The van der Waals surface area contributed by atoms with Gasteiger partial charge < -0.3 is 5.32 Å². The molecule has 2 rings (SSSR count). The minimum absolute atomic E-state index is 0.166. The molecule has 1 heterocycles. The molecule has 0 radical (unpaired) electrons. The standard InChI is InChI=1S/C11H10FN3OS2/c1-7(16)13-10-14-11(15-18-10)17-6-8-2-4-9(12)5-3-8/h2-5H,6H2,1H3,(H,13,14,15,16). The molecule has 0 aliphatic carbocycles. The number of carbonyl (C=O) groups excluding carboxylic acids is 1. The van der Waals surface area contributed by atoms with Gasteiger partial charge in [-0.25, -0.2) is 4.39 Å². The second-order valence-corrected chi connectivity index (χ2v) is 5.17. The summed E-state index contributed by atoms with van der Waals surface area (Å²) < 4.78 is 16.8. The topological polar surface area (TPSA) is 54.9 Å². The van der Waals surface area contributed by atoms with E-state index in [2.05, 4.69) is 14.7 Å². The number of halogens is 1. The lowest BCUT2D eigenvalue weighted by molar-refractivity contribution is -0.114. The van der Waals surface area contributed by atoms with Gasteiger partial charge in [-0.15, -0.1) is 0 Å². The van der Waals surface area contributed by atoms with E-state index in [4.69, 9.17) is 0 Å². The summed E-state index contributed by atoms with van der Waals surface area (Å²) in [5.74, 6) is 0.251. The van der Waals surface area contributed by atoms with Gasteiger partial charge in [0.05, 0.1) is 0 Å². The highest BCUT2D eigenvalue weighted by molar-refractivity contribution is 7.98. The fraction of sp³-hybridized carbons (Fsp3) is 0.182. The average Bonchev–Trinajstić information content (AvgIpc) is 2.75. The van der Waals surface area contributed by atoms with Gasteiger partial charge >= 0.3 is 0 Å². The molecule has 0 saturated heterocycles. The van der Waals surface area contributed by atoms with Gasteiger partial charge in [-0.1, -0.05) is 23.9 Å². The van der Waals surface area contributed by atoms with Crippen LogP contribution in [-0.2, 0) is 10.5 Å². The second-order valence-electron chi connectivity index (χ2n) is 3.48. The van der Waals surface area contributed by atoms with Crippen molar-refractivity contribution >= 4 is 34.3 Å². The number of hydrogen-bond acceptors (Lipinski definition) is 5.